The molecule has 2 saturated carbocycles. The first-order chi connectivity index (χ1) is 15.5. The number of pyridine rings is 1. The summed E-state index contributed by atoms with van der Waals surface area (Å²) in [5, 5.41) is 0.259. The molecule has 0 bridgehead atoms. The molecule has 2 aliphatic carbocycles. The molecule has 7 nitrogen and oxygen atoms in total. The van der Waals surface area contributed by atoms with Crippen LogP contribution in [0, 0.1) is 5.82 Å². The molecule has 6 rings (SSSR count). The third-order valence-corrected chi connectivity index (χ3v) is 6.28. The Morgan fingerprint density at radius 2 is 1.69 bits per heavy atom. The Labute approximate surface area is 186 Å². The second kappa shape index (κ2) is 7.06. The summed E-state index contributed by atoms with van der Waals surface area (Å²) in [5.74, 6) is -0.0317. The van der Waals surface area contributed by atoms with Crippen molar-refractivity contribution in [1.29, 1.82) is 0 Å². The van der Waals surface area contributed by atoms with E-state index in [2.05, 4.69) is 19.9 Å². The minimum Gasteiger partial charge on any atom is -0.273 e. The van der Waals surface area contributed by atoms with Crippen molar-refractivity contribution in [2.75, 3.05) is 0 Å². The Morgan fingerprint density at radius 3 is 2.31 bits per heavy atom. The molecule has 160 valence electrons. The Kier molecular flexibility index (Phi) is 4.26. The molecule has 0 saturated heterocycles. The van der Waals surface area contributed by atoms with Crippen molar-refractivity contribution in [2.24, 2.45) is 0 Å². The molecular weight excluding hydrogens is 433 g/mol. The number of rotatable bonds is 4. The van der Waals surface area contributed by atoms with E-state index in [9.17, 15) is 14.0 Å². The summed E-state index contributed by atoms with van der Waals surface area (Å²) in [4.78, 5) is 41.7. The van der Waals surface area contributed by atoms with Crippen molar-refractivity contribution in [1.82, 2.24) is 24.5 Å². The van der Waals surface area contributed by atoms with Crippen LogP contribution in [0.1, 0.15) is 48.9 Å². The highest BCUT2D eigenvalue weighted by Crippen LogP contribution is 2.47. The van der Waals surface area contributed by atoms with E-state index in [1.165, 1.54) is 16.7 Å². The lowest BCUT2D eigenvalue weighted by molar-refractivity contribution is 0.631. The smallest absolute Gasteiger partial charge is 0.273 e. The van der Waals surface area contributed by atoms with Crippen molar-refractivity contribution >= 4 is 22.6 Å². The molecule has 2 aliphatic rings. The third kappa shape index (κ3) is 3.05. The molecule has 9 heteroatoms. The normalized spacial score (nSPS) is 15.9. The van der Waals surface area contributed by atoms with E-state index < -0.39 is 17.1 Å². The number of benzene rings is 1. The van der Waals surface area contributed by atoms with Gasteiger partial charge in [0, 0.05) is 17.4 Å². The Hall–Kier alpha value is -3.39. The summed E-state index contributed by atoms with van der Waals surface area (Å²) in [7, 11) is 0. The van der Waals surface area contributed by atoms with Crippen LogP contribution < -0.4 is 11.2 Å². The molecule has 32 heavy (non-hydrogen) atoms. The SMILES string of the molecule is O=c1[nH]c(=O)n(-c2c(C3CC3)ncnc2C2CC2)c2nc(-c3ccccc3F)c(Cl)cc12. The summed E-state index contributed by atoms with van der Waals surface area (Å²) in [6.45, 7) is 0. The van der Waals surface area contributed by atoms with Gasteiger partial charge >= 0.3 is 5.69 Å². The fourth-order valence-corrected chi connectivity index (χ4v) is 4.38. The van der Waals surface area contributed by atoms with Crippen LogP contribution in [-0.4, -0.2) is 24.5 Å². The number of aromatic nitrogens is 5. The Morgan fingerprint density at radius 1 is 1.03 bits per heavy atom. The highest BCUT2D eigenvalue weighted by molar-refractivity contribution is 6.33. The first-order valence-corrected chi connectivity index (χ1v) is 10.9. The van der Waals surface area contributed by atoms with Crippen LogP contribution >= 0.6 is 11.6 Å². The standard InChI is InChI=1S/C23H17ClFN5O2/c24-15-9-14-21(28-19(15)13-3-1-2-4-16(13)25)30(23(32)29-22(14)31)20-17(11-5-6-11)26-10-27-18(20)12-7-8-12/h1-4,9-12H,5-8H2,(H,29,31,32). The van der Waals surface area contributed by atoms with Gasteiger partial charge in [-0.3, -0.25) is 9.78 Å². The van der Waals surface area contributed by atoms with Crippen LogP contribution in [0.25, 0.3) is 28.0 Å². The van der Waals surface area contributed by atoms with Crippen LogP contribution in [0.2, 0.25) is 5.02 Å². The highest BCUT2D eigenvalue weighted by atomic mass is 35.5. The van der Waals surface area contributed by atoms with Gasteiger partial charge < -0.3 is 0 Å². The van der Waals surface area contributed by atoms with Crippen LogP contribution in [0.3, 0.4) is 0 Å². The van der Waals surface area contributed by atoms with Gasteiger partial charge in [-0.2, -0.15) is 0 Å². The van der Waals surface area contributed by atoms with Gasteiger partial charge in [-0.15, -0.1) is 0 Å². The van der Waals surface area contributed by atoms with Gasteiger partial charge in [-0.05, 0) is 43.9 Å². The minimum absolute atomic E-state index is 0.111. The zero-order chi connectivity index (χ0) is 22.0. The molecule has 0 unspecified atom stereocenters. The average molecular weight is 450 g/mol. The van der Waals surface area contributed by atoms with Gasteiger partial charge in [-0.1, -0.05) is 23.7 Å². The van der Waals surface area contributed by atoms with Crippen LogP contribution in [0.4, 0.5) is 4.39 Å². The van der Waals surface area contributed by atoms with E-state index in [4.69, 9.17) is 11.6 Å². The number of hydrogen-bond acceptors (Lipinski definition) is 5. The second-order valence-corrected chi connectivity index (χ2v) is 8.71. The van der Waals surface area contributed by atoms with E-state index >= 15 is 0 Å². The maximum absolute atomic E-state index is 14.5. The van der Waals surface area contributed by atoms with Gasteiger partial charge in [0.15, 0.2) is 5.65 Å². The molecule has 0 atom stereocenters. The molecule has 0 amide bonds. The summed E-state index contributed by atoms with van der Waals surface area (Å²) >= 11 is 6.41. The number of nitrogens with zero attached hydrogens (tertiary/aromatic N) is 4. The van der Waals surface area contributed by atoms with Crippen LogP contribution in [-0.2, 0) is 0 Å². The summed E-state index contributed by atoms with van der Waals surface area (Å²) in [6, 6.07) is 7.54. The molecule has 4 aromatic rings. The van der Waals surface area contributed by atoms with E-state index in [1.807, 2.05) is 0 Å². The predicted octanol–water partition coefficient (Wildman–Crippen LogP) is 4.08. The summed E-state index contributed by atoms with van der Waals surface area (Å²) < 4.78 is 15.9. The number of hydrogen-bond donors (Lipinski definition) is 1. The number of H-pyrrole nitrogens is 1. The number of nitrogens with one attached hydrogen (secondary N) is 1. The largest absolute Gasteiger partial charge is 0.334 e. The van der Waals surface area contributed by atoms with E-state index in [-0.39, 0.29) is 39.1 Å². The van der Waals surface area contributed by atoms with Crippen LogP contribution in [0.5, 0.6) is 0 Å². The molecule has 0 aliphatic heterocycles. The summed E-state index contributed by atoms with van der Waals surface area (Å²) in [5.41, 5.74) is 1.37. The third-order valence-electron chi connectivity index (χ3n) is 6.00. The lowest BCUT2D eigenvalue weighted by Gasteiger charge is -2.17. The first-order valence-electron chi connectivity index (χ1n) is 10.5. The van der Waals surface area contributed by atoms with Gasteiger partial charge in [-0.25, -0.2) is 28.7 Å². The molecule has 1 aromatic carbocycles. The molecule has 0 spiro atoms. The fraction of sp³-hybridized carbons (Fsp3) is 0.261. The number of fused-ring (bicyclic) bond motifs is 1. The van der Waals surface area contributed by atoms with E-state index in [1.54, 1.807) is 24.5 Å². The van der Waals surface area contributed by atoms with E-state index in [0.717, 1.165) is 37.1 Å². The summed E-state index contributed by atoms with van der Waals surface area (Å²) in [6.07, 6.45) is 5.44. The zero-order valence-electron chi connectivity index (χ0n) is 16.8. The van der Waals surface area contributed by atoms with Gasteiger partial charge in [0.05, 0.1) is 33.2 Å². The number of aromatic amines is 1. The number of halogens is 2. The lowest BCUT2D eigenvalue weighted by atomic mass is 10.1. The van der Waals surface area contributed by atoms with Crippen molar-refractivity contribution in [3.63, 3.8) is 0 Å². The maximum Gasteiger partial charge on any atom is 0.334 e. The molecule has 3 aromatic heterocycles. The Balaban J connectivity index is 1.73. The van der Waals surface area contributed by atoms with Crippen molar-refractivity contribution in [3.05, 3.63) is 79.7 Å². The van der Waals surface area contributed by atoms with Crippen molar-refractivity contribution in [2.45, 2.75) is 37.5 Å². The minimum atomic E-state index is -0.629. The first kappa shape index (κ1) is 19.3. The Bertz CT molecular complexity index is 1490. The zero-order valence-corrected chi connectivity index (χ0v) is 17.6. The van der Waals surface area contributed by atoms with Gasteiger partial charge in [0.1, 0.15) is 12.1 Å². The molecule has 1 N–H and O–H groups in total. The molecule has 0 radical (unpaired) electrons. The van der Waals surface area contributed by atoms with Crippen molar-refractivity contribution < 1.29 is 4.39 Å². The van der Waals surface area contributed by atoms with E-state index in [0.29, 0.717) is 5.69 Å². The quantitative estimate of drug-likeness (QED) is 0.506. The monoisotopic (exact) mass is 449 g/mol. The topological polar surface area (TPSA) is 93.5 Å². The lowest BCUT2D eigenvalue weighted by Crippen LogP contribution is -2.31. The predicted molar refractivity (Wildman–Crippen MR) is 118 cm³/mol. The van der Waals surface area contributed by atoms with Gasteiger partial charge in [0.25, 0.3) is 5.56 Å². The average Bonchev–Trinajstić information content (AvgIpc) is 3.68. The second-order valence-electron chi connectivity index (χ2n) is 8.31. The maximum atomic E-state index is 14.5. The van der Waals surface area contributed by atoms with Crippen LogP contribution in [0.15, 0.2) is 46.2 Å². The molecule has 3 heterocycles. The van der Waals surface area contributed by atoms with Crippen molar-refractivity contribution in [3.8, 4) is 16.9 Å². The fourth-order valence-electron chi connectivity index (χ4n) is 4.13. The molecular formula is C23H17ClFN5O2. The highest BCUT2D eigenvalue weighted by Gasteiger charge is 2.36. The molecule has 2 fully saturated rings. The van der Waals surface area contributed by atoms with Gasteiger partial charge in [0.2, 0.25) is 0 Å².